The fourth-order valence-corrected chi connectivity index (χ4v) is 4.63. The topological polar surface area (TPSA) is 15.3 Å². The molecule has 1 aliphatic carbocycles. The standard InChI is InChI=1S/C16H21ClN2/c17-13-6-5-11-7-8-18-9-10-19-14-4-2-1-3-12(14)15(13)16(11)19/h5-6,12,14,18H,1-4,7-10H2/t12-,14+/m0/s1. The van der Waals surface area contributed by atoms with Crippen molar-refractivity contribution in [1.29, 1.82) is 0 Å². The highest BCUT2D eigenvalue weighted by Crippen LogP contribution is 2.51. The van der Waals surface area contributed by atoms with Crippen molar-refractivity contribution < 1.29 is 0 Å². The zero-order chi connectivity index (χ0) is 12.8. The molecular weight excluding hydrogens is 256 g/mol. The summed E-state index contributed by atoms with van der Waals surface area (Å²) < 4.78 is 0. The van der Waals surface area contributed by atoms with E-state index in [0.29, 0.717) is 12.0 Å². The quantitative estimate of drug-likeness (QED) is 0.782. The fraction of sp³-hybridized carbons (Fsp3) is 0.625. The van der Waals surface area contributed by atoms with Crippen LogP contribution in [0.3, 0.4) is 0 Å². The maximum atomic E-state index is 6.56. The molecule has 0 radical (unpaired) electrons. The van der Waals surface area contributed by atoms with E-state index in [2.05, 4.69) is 22.3 Å². The summed E-state index contributed by atoms with van der Waals surface area (Å²) in [6, 6.07) is 5.09. The molecule has 2 heterocycles. The monoisotopic (exact) mass is 276 g/mol. The van der Waals surface area contributed by atoms with Crippen molar-refractivity contribution >= 4 is 17.3 Å². The van der Waals surface area contributed by atoms with Crippen molar-refractivity contribution in [2.45, 2.75) is 44.1 Å². The normalized spacial score (nSPS) is 29.4. The van der Waals surface area contributed by atoms with Crippen LogP contribution in [0.25, 0.3) is 0 Å². The van der Waals surface area contributed by atoms with Gasteiger partial charge < -0.3 is 10.2 Å². The van der Waals surface area contributed by atoms with Crippen molar-refractivity contribution in [3.8, 4) is 0 Å². The summed E-state index contributed by atoms with van der Waals surface area (Å²) in [7, 11) is 0. The predicted octanol–water partition coefficient (Wildman–Crippen LogP) is 3.33. The summed E-state index contributed by atoms with van der Waals surface area (Å²) in [4.78, 5) is 2.67. The Morgan fingerprint density at radius 1 is 1.16 bits per heavy atom. The van der Waals surface area contributed by atoms with Gasteiger partial charge in [-0.3, -0.25) is 0 Å². The van der Waals surface area contributed by atoms with Crippen molar-refractivity contribution in [2.24, 2.45) is 0 Å². The largest absolute Gasteiger partial charge is 0.366 e. The van der Waals surface area contributed by atoms with Gasteiger partial charge in [0.2, 0.25) is 0 Å². The smallest absolute Gasteiger partial charge is 0.0462 e. The van der Waals surface area contributed by atoms with Crippen LogP contribution in [0.1, 0.15) is 42.7 Å². The number of hydrogen-bond acceptors (Lipinski definition) is 2. The maximum absolute atomic E-state index is 6.56. The summed E-state index contributed by atoms with van der Waals surface area (Å²) in [6.45, 7) is 3.34. The number of nitrogens with one attached hydrogen (secondary N) is 1. The lowest BCUT2D eigenvalue weighted by Crippen LogP contribution is -2.41. The Kier molecular flexibility index (Phi) is 2.96. The van der Waals surface area contributed by atoms with Gasteiger partial charge in [-0.2, -0.15) is 0 Å². The van der Waals surface area contributed by atoms with Gasteiger partial charge in [-0.1, -0.05) is 30.5 Å². The van der Waals surface area contributed by atoms with Crippen LogP contribution in [0, 0.1) is 0 Å². The number of anilines is 1. The minimum Gasteiger partial charge on any atom is -0.366 e. The number of halogens is 1. The average Bonchev–Trinajstić information content (AvgIpc) is 2.73. The first-order valence-corrected chi connectivity index (χ1v) is 8.02. The molecule has 3 heteroatoms. The van der Waals surface area contributed by atoms with E-state index in [1.807, 2.05) is 0 Å². The summed E-state index contributed by atoms with van der Waals surface area (Å²) >= 11 is 6.56. The van der Waals surface area contributed by atoms with Crippen LogP contribution >= 0.6 is 11.6 Å². The van der Waals surface area contributed by atoms with E-state index in [9.17, 15) is 0 Å². The molecule has 2 aliphatic heterocycles. The summed E-state index contributed by atoms with van der Waals surface area (Å²) in [6.07, 6.45) is 6.55. The SMILES string of the molecule is Clc1ccc2c3c1[C@H]1CCCC[C@H]1N3CCNCC2. The summed E-state index contributed by atoms with van der Waals surface area (Å²) in [5.74, 6) is 0.689. The number of fused-ring (bicyclic) bond motifs is 3. The van der Waals surface area contributed by atoms with Gasteiger partial charge in [-0.25, -0.2) is 0 Å². The average molecular weight is 277 g/mol. The number of nitrogens with zero attached hydrogens (tertiary/aromatic N) is 1. The van der Waals surface area contributed by atoms with E-state index in [1.54, 1.807) is 0 Å². The van der Waals surface area contributed by atoms with Crippen LogP contribution in [0.4, 0.5) is 5.69 Å². The summed E-state index contributed by atoms with van der Waals surface area (Å²) in [5.41, 5.74) is 4.48. The van der Waals surface area contributed by atoms with Crippen LogP contribution in [-0.4, -0.2) is 25.7 Å². The molecule has 0 amide bonds. The van der Waals surface area contributed by atoms with Crippen LogP contribution in [0.5, 0.6) is 0 Å². The Bertz CT molecular complexity index is 500. The Morgan fingerprint density at radius 2 is 2.05 bits per heavy atom. The third-order valence-electron chi connectivity index (χ3n) is 5.14. The van der Waals surface area contributed by atoms with Gasteiger partial charge >= 0.3 is 0 Å². The Balaban J connectivity index is 1.88. The van der Waals surface area contributed by atoms with Gasteiger partial charge in [-0.05, 0) is 43.0 Å². The molecule has 0 unspecified atom stereocenters. The molecule has 0 saturated heterocycles. The molecule has 0 bridgehead atoms. The van der Waals surface area contributed by atoms with E-state index in [-0.39, 0.29) is 0 Å². The van der Waals surface area contributed by atoms with E-state index < -0.39 is 0 Å². The van der Waals surface area contributed by atoms with Gasteiger partial charge in [0.15, 0.2) is 0 Å². The van der Waals surface area contributed by atoms with Gasteiger partial charge in [0.05, 0.1) is 0 Å². The molecule has 3 aliphatic rings. The first-order chi connectivity index (χ1) is 9.36. The van der Waals surface area contributed by atoms with Crippen molar-refractivity contribution in [3.63, 3.8) is 0 Å². The third kappa shape index (κ3) is 1.80. The molecule has 19 heavy (non-hydrogen) atoms. The van der Waals surface area contributed by atoms with E-state index in [0.717, 1.165) is 31.1 Å². The lowest BCUT2D eigenvalue weighted by Gasteiger charge is -2.35. The first-order valence-electron chi connectivity index (χ1n) is 7.65. The molecule has 4 rings (SSSR count). The van der Waals surface area contributed by atoms with Gasteiger partial charge in [0.25, 0.3) is 0 Å². The molecule has 0 aromatic heterocycles. The van der Waals surface area contributed by atoms with Crippen molar-refractivity contribution in [1.82, 2.24) is 5.32 Å². The predicted molar refractivity (Wildman–Crippen MR) is 80.4 cm³/mol. The molecule has 1 fully saturated rings. The molecule has 1 aromatic rings. The maximum Gasteiger partial charge on any atom is 0.0462 e. The van der Waals surface area contributed by atoms with Gasteiger partial charge in [0.1, 0.15) is 0 Å². The van der Waals surface area contributed by atoms with Crippen LogP contribution < -0.4 is 10.2 Å². The molecule has 2 atom stereocenters. The number of rotatable bonds is 0. The minimum absolute atomic E-state index is 0.689. The van der Waals surface area contributed by atoms with Gasteiger partial charge in [0, 0.05) is 35.8 Å². The molecule has 2 nitrogen and oxygen atoms in total. The van der Waals surface area contributed by atoms with Gasteiger partial charge in [-0.15, -0.1) is 0 Å². The van der Waals surface area contributed by atoms with Crippen LogP contribution in [-0.2, 0) is 6.42 Å². The highest BCUT2D eigenvalue weighted by atomic mass is 35.5. The lowest BCUT2D eigenvalue weighted by molar-refractivity contribution is 0.384. The molecule has 0 spiro atoms. The highest BCUT2D eigenvalue weighted by molar-refractivity contribution is 6.32. The Labute approximate surface area is 120 Å². The second-order valence-corrected chi connectivity index (χ2v) is 6.53. The van der Waals surface area contributed by atoms with Crippen molar-refractivity contribution in [2.75, 3.05) is 24.5 Å². The number of benzene rings is 1. The zero-order valence-corrected chi connectivity index (χ0v) is 12.0. The zero-order valence-electron chi connectivity index (χ0n) is 11.3. The fourth-order valence-electron chi connectivity index (χ4n) is 4.33. The molecule has 1 aromatic carbocycles. The number of hydrogen-bond donors (Lipinski definition) is 1. The molecular formula is C16H21ClN2. The second-order valence-electron chi connectivity index (χ2n) is 6.12. The van der Waals surface area contributed by atoms with Crippen LogP contribution in [0.15, 0.2) is 12.1 Å². The molecule has 1 saturated carbocycles. The highest BCUT2D eigenvalue weighted by Gasteiger charge is 2.42. The van der Waals surface area contributed by atoms with Crippen molar-refractivity contribution in [3.05, 3.63) is 28.3 Å². The van der Waals surface area contributed by atoms with E-state index in [1.165, 1.54) is 42.5 Å². The molecule has 102 valence electrons. The second kappa shape index (κ2) is 4.68. The van der Waals surface area contributed by atoms with E-state index in [4.69, 9.17) is 11.6 Å². The Hall–Kier alpha value is -0.730. The Morgan fingerprint density at radius 3 is 3.00 bits per heavy atom. The molecule has 1 N–H and O–H groups in total. The third-order valence-corrected chi connectivity index (χ3v) is 5.47. The lowest BCUT2D eigenvalue weighted by atomic mass is 9.82. The first kappa shape index (κ1) is 12.0. The van der Waals surface area contributed by atoms with Crippen LogP contribution in [0.2, 0.25) is 5.02 Å². The van der Waals surface area contributed by atoms with E-state index >= 15 is 0 Å². The summed E-state index contributed by atoms with van der Waals surface area (Å²) in [5, 5.41) is 4.56. The minimum atomic E-state index is 0.689.